The number of carbonyl (C=O) groups excluding carboxylic acids is 5. The van der Waals surface area contributed by atoms with Gasteiger partial charge in [0, 0.05) is 75.3 Å². The number of hydrazine groups is 1. The number of aryl methyl sites for hydroxylation is 1. The van der Waals surface area contributed by atoms with Crippen molar-refractivity contribution in [2.24, 2.45) is 24.3 Å². The summed E-state index contributed by atoms with van der Waals surface area (Å²) >= 11 is 0. The highest BCUT2D eigenvalue weighted by atomic mass is 16.5. The molecule has 0 saturated carbocycles. The zero-order chi connectivity index (χ0) is 51.7. The van der Waals surface area contributed by atoms with Crippen LogP contribution in [0, 0.1) is 29.1 Å². The molecule has 1 unspecified atom stereocenters. The molecule has 3 N–H and O–H groups in total. The number of ether oxygens (including phenoxy) is 2. The van der Waals surface area contributed by atoms with E-state index in [9.17, 15) is 29.1 Å². The molecule has 2 aromatic carbocycles. The molecule has 16 heteroatoms. The van der Waals surface area contributed by atoms with E-state index in [0.717, 1.165) is 39.0 Å². The van der Waals surface area contributed by atoms with E-state index in [2.05, 4.69) is 59.2 Å². The quantitative estimate of drug-likeness (QED) is 0.140. The lowest BCUT2D eigenvalue weighted by Gasteiger charge is -2.37. The number of nitrogens with one attached hydrogen (secondary N) is 2. The highest BCUT2D eigenvalue weighted by Crippen LogP contribution is 2.42. The molecular formula is C55H72N8O8. The second-order valence-electron chi connectivity index (χ2n) is 21.4. The number of likely N-dealkylation sites (tertiary alicyclic amines) is 1. The highest BCUT2D eigenvalue weighted by Gasteiger charge is 2.40. The van der Waals surface area contributed by atoms with Crippen molar-refractivity contribution in [2.75, 3.05) is 54.5 Å². The molecule has 5 atom stereocenters. The van der Waals surface area contributed by atoms with Crippen molar-refractivity contribution >= 4 is 40.5 Å². The summed E-state index contributed by atoms with van der Waals surface area (Å²) in [5, 5.41) is 16.7. The van der Waals surface area contributed by atoms with Gasteiger partial charge >= 0.3 is 5.97 Å². The van der Waals surface area contributed by atoms with E-state index in [0.29, 0.717) is 43.4 Å². The van der Waals surface area contributed by atoms with Crippen LogP contribution in [0.4, 0.5) is 0 Å². The van der Waals surface area contributed by atoms with Crippen molar-refractivity contribution in [3.05, 3.63) is 71.5 Å². The summed E-state index contributed by atoms with van der Waals surface area (Å²) in [6.07, 6.45) is 3.33. The maximum absolute atomic E-state index is 14.8. The number of carbonyl (C=O) groups is 5. The highest BCUT2D eigenvalue weighted by molar-refractivity contribution is 5.97. The van der Waals surface area contributed by atoms with Gasteiger partial charge in [-0.25, -0.2) is 5.43 Å². The fraction of sp³-hybridized carbons (Fsp3) is 0.527. The van der Waals surface area contributed by atoms with Crippen LogP contribution in [0.1, 0.15) is 90.7 Å². The van der Waals surface area contributed by atoms with Crippen LogP contribution in [-0.2, 0) is 53.3 Å². The average molecular weight is 973 g/mol. The Kier molecular flexibility index (Phi) is 15.7. The summed E-state index contributed by atoms with van der Waals surface area (Å²) in [5.41, 5.74) is 8.85. The van der Waals surface area contributed by atoms with E-state index in [1.54, 1.807) is 37.4 Å². The van der Waals surface area contributed by atoms with E-state index in [-0.39, 0.29) is 55.7 Å². The number of phenols is 1. The molecular weight excluding hydrogens is 901 g/mol. The van der Waals surface area contributed by atoms with E-state index in [4.69, 9.17) is 14.5 Å². The Balaban J connectivity index is 1.24. The Morgan fingerprint density at radius 3 is 2.48 bits per heavy atom. The second kappa shape index (κ2) is 21.2. The Morgan fingerprint density at radius 1 is 1.03 bits per heavy atom. The molecule has 0 spiro atoms. The van der Waals surface area contributed by atoms with Gasteiger partial charge in [-0.3, -0.25) is 38.9 Å². The summed E-state index contributed by atoms with van der Waals surface area (Å²) < 4.78 is 14.1. The summed E-state index contributed by atoms with van der Waals surface area (Å²) in [6.45, 7) is 14.5. The lowest BCUT2D eigenvalue weighted by atomic mass is 9.84. The number of methoxy groups -OCH3 is 1. The standard InChI is InChI=1S/C55H72N8O8/c1-33(2)48(61(11)51(67)37-20-24-62(31-37)46(65)19-21-55(6,7)59(8)9)50(66)57-44-27-35-25-38(28-39(64)26-35)36-17-18-45-41(29-36)42(49(60(45)10)40-15-13-22-56-47(40)34(3)70-12)30-54(4,5)32-71-53(69)43-16-14-23-63(58-43)52(44)68/h13,15,17-18,22,25-26,28-29,33-34,37,43-44,48,58,64H,14,16,20,23-24,27,30-32H2,1-12H3,(H,57,66)/t34-,37-,43-,44?,48-/m0/s1. The Labute approximate surface area is 418 Å². The molecule has 4 aromatic rings. The van der Waals surface area contributed by atoms with Crippen LogP contribution in [-0.4, -0.2) is 142 Å². The number of phenolic OH excluding ortho intramolecular Hbond substituents is 1. The predicted octanol–water partition coefficient (Wildman–Crippen LogP) is 5.64. The number of hydrogen-bond donors (Lipinski definition) is 3. The Bertz CT molecular complexity index is 2750. The molecule has 0 aliphatic carbocycles. The Hall–Kier alpha value is -6.28. The lowest BCUT2D eigenvalue weighted by molar-refractivity contribution is -0.155. The number of esters is 1. The summed E-state index contributed by atoms with van der Waals surface area (Å²) in [4.78, 5) is 80.4. The minimum absolute atomic E-state index is 0.0195. The van der Waals surface area contributed by atoms with Gasteiger partial charge < -0.3 is 34.3 Å². The molecule has 380 valence electrons. The number of rotatable bonds is 9. The number of aromatic hydroxyl groups is 1. The van der Waals surface area contributed by atoms with Crippen molar-refractivity contribution in [1.82, 2.24) is 40.0 Å². The molecule has 0 radical (unpaired) electrons. The number of cyclic esters (lactones) is 1. The molecule has 7 rings (SSSR count). The minimum atomic E-state index is -1.18. The van der Waals surface area contributed by atoms with Crippen LogP contribution in [0.15, 0.2) is 54.7 Å². The number of benzene rings is 2. The third-order valence-corrected chi connectivity index (χ3v) is 14.6. The van der Waals surface area contributed by atoms with Crippen molar-refractivity contribution < 1.29 is 38.6 Å². The van der Waals surface area contributed by atoms with E-state index < -0.39 is 52.8 Å². The third-order valence-electron chi connectivity index (χ3n) is 14.6. The largest absolute Gasteiger partial charge is 0.508 e. The Morgan fingerprint density at radius 2 is 1.77 bits per heavy atom. The van der Waals surface area contributed by atoms with Gasteiger partial charge in [-0.05, 0) is 131 Å². The third kappa shape index (κ3) is 11.4. The van der Waals surface area contributed by atoms with Gasteiger partial charge in [0.25, 0.3) is 11.8 Å². The number of nitrogens with zero attached hydrogens (tertiary/aromatic N) is 6. The molecule has 4 amide bonds. The molecule has 71 heavy (non-hydrogen) atoms. The lowest BCUT2D eigenvalue weighted by Crippen LogP contribution is -2.62. The van der Waals surface area contributed by atoms with Crippen LogP contribution in [0.25, 0.3) is 33.3 Å². The van der Waals surface area contributed by atoms with Crippen LogP contribution < -0.4 is 10.7 Å². The van der Waals surface area contributed by atoms with Crippen LogP contribution >= 0.6 is 0 Å². The van der Waals surface area contributed by atoms with E-state index in [1.807, 2.05) is 78.9 Å². The first-order valence-corrected chi connectivity index (χ1v) is 24.7. The maximum Gasteiger partial charge on any atom is 0.324 e. The molecule has 6 bridgehead atoms. The smallest absolute Gasteiger partial charge is 0.324 e. The van der Waals surface area contributed by atoms with Crippen LogP contribution in [0.5, 0.6) is 5.75 Å². The van der Waals surface area contributed by atoms with Gasteiger partial charge in [0.05, 0.1) is 35.6 Å². The minimum Gasteiger partial charge on any atom is -0.508 e. The number of amides is 4. The first kappa shape index (κ1) is 52.5. The van der Waals surface area contributed by atoms with Gasteiger partial charge in [0.15, 0.2) is 0 Å². The summed E-state index contributed by atoms with van der Waals surface area (Å²) in [7, 11) is 9.06. The van der Waals surface area contributed by atoms with Crippen LogP contribution in [0.2, 0.25) is 0 Å². The molecule has 5 heterocycles. The number of pyridine rings is 1. The number of aromatic nitrogens is 2. The number of likely N-dealkylation sites (N-methyl/N-ethyl adjacent to an activating group) is 1. The maximum atomic E-state index is 14.8. The fourth-order valence-electron chi connectivity index (χ4n) is 10.0. The number of fused-ring (bicyclic) bond motifs is 6. The molecule has 16 nitrogen and oxygen atoms in total. The first-order valence-electron chi connectivity index (χ1n) is 24.7. The molecule has 3 aliphatic rings. The van der Waals surface area contributed by atoms with Crippen molar-refractivity contribution in [1.29, 1.82) is 0 Å². The van der Waals surface area contributed by atoms with Crippen molar-refractivity contribution in [3.8, 4) is 40.0 Å². The molecule has 2 fully saturated rings. The zero-order valence-corrected chi connectivity index (χ0v) is 43.5. The van der Waals surface area contributed by atoms with Gasteiger partial charge in [0.1, 0.15) is 23.9 Å². The summed E-state index contributed by atoms with van der Waals surface area (Å²) in [5.74, 6) is 2.69. The second-order valence-corrected chi connectivity index (χ2v) is 21.4. The van der Waals surface area contributed by atoms with Gasteiger partial charge in [-0.15, -0.1) is 0 Å². The van der Waals surface area contributed by atoms with E-state index >= 15 is 0 Å². The zero-order valence-electron chi connectivity index (χ0n) is 43.5. The molecule has 2 saturated heterocycles. The summed E-state index contributed by atoms with van der Waals surface area (Å²) in [6, 6.07) is 12.3. The van der Waals surface area contributed by atoms with Crippen LogP contribution in [0.3, 0.4) is 0 Å². The SMILES string of the molecule is CO[C@@H](C)c1ncccc1-c1c2c3cc(ccc3n1C)-c1cc(O)cc(c1)CC(NC(=O)[C@H](C(C)C)N(C)C(=O)[C@H]1CCN(C(=O)C#CC(C)(C)N(C)C)C1)C(=O)N1CCC[C@H](N1)C(=O)OCC(C)(C)C2. The van der Waals surface area contributed by atoms with Crippen molar-refractivity contribution in [3.63, 3.8) is 0 Å². The first-order chi connectivity index (χ1) is 33.5. The van der Waals surface area contributed by atoms with Gasteiger partial charge in [-0.1, -0.05) is 45.7 Å². The topological polar surface area (TPSA) is 179 Å². The molecule has 3 aliphatic heterocycles. The fourth-order valence-corrected chi connectivity index (χ4v) is 10.0. The number of hydrogen-bond acceptors (Lipinski definition) is 11. The van der Waals surface area contributed by atoms with Gasteiger partial charge in [-0.2, -0.15) is 0 Å². The molecule has 2 aromatic heterocycles. The van der Waals surface area contributed by atoms with E-state index in [1.165, 1.54) is 9.91 Å². The van der Waals surface area contributed by atoms with Gasteiger partial charge in [0.2, 0.25) is 11.8 Å². The monoisotopic (exact) mass is 973 g/mol. The predicted molar refractivity (Wildman–Crippen MR) is 272 cm³/mol. The van der Waals surface area contributed by atoms with Crippen molar-refractivity contribution in [2.45, 2.75) is 110 Å². The average Bonchev–Trinajstić information content (AvgIpc) is 3.93. The normalized spacial score (nSPS) is 20.5.